The monoisotopic (exact) mass is 416 g/mol. The summed E-state index contributed by atoms with van der Waals surface area (Å²) >= 11 is 0. The van der Waals surface area contributed by atoms with Crippen molar-refractivity contribution in [3.8, 4) is 5.69 Å². The summed E-state index contributed by atoms with van der Waals surface area (Å²) in [6.45, 7) is 5.85. The summed E-state index contributed by atoms with van der Waals surface area (Å²) in [5.74, 6) is -0.762. The number of imide groups is 1. The van der Waals surface area contributed by atoms with E-state index in [0.717, 1.165) is 22.6 Å². The fraction of sp³-hybridized carbons (Fsp3) is 0.250. The first-order chi connectivity index (χ1) is 14.9. The molecule has 3 aromatic rings. The Kier molecular flexibility index (Phi) is 5.42. The molecule has 1 N–H and O–H groups in total. The Morgan fingerprint density at radius 1 is 0.968 bits per heavy atom. The van der Waals surface area contributed by atoms with E-state index in [0.29, 0.717) is 23.2 Å². The molecule has 0 bridgehead atoms. The summed E-state index contributed by atoms with van der Waals surface area (Å²) in [4.78, 5) is 38.8. The maximum absolute atomic E-state index is 12.5. The third-order valence-corrected chi connectivity index (χ3v) is 5.47. The van der Waals surface area contributed by atoms with Crippen LogP contribution in [0.25, 0.3) is 5.69 Å². The molecule has 1 aliphatic rings. The van der Waals surface area contributed by atoms with Crippen LogP contribution in [-0.4, -0.2) is 38.9 Å². The molecular formula is C24H24N4O3. The van der Waals surface area contributed by atoms with Crippen molar-refractivity contribution < 1.29 is 14.4 Å². The normalized spacial score (nSPS) is 12.9. The van der Waals surface area contributed by atoms with Gasteiger partial charge in [0.25, 0.3) is 11.8 Å². The fourth-order valence-corrected chi connectivity index (χ4v) is 3.85. The van der Waals surface area contributed by atoms with Gasteiger partial charge in [-0.25, -0.2) is 4.68 Å². The highest BCUT2D eigenvalue weighted by Gasteiger charge is 2.35. The van der Waals surface area contributed by atoms with Crippen molar-refractivity contribution in [2.75, 3.05) is 11.9 Å². The largest absolute Gasteiger partial charge is 0.323 e. The molecule has 0 saturated carbocycles. The second-order valence-electron chi connectivity index (χ2n) is 7.76. The van der Waals surface area contributed by atoms with Crippen LogP contribution in [0.1, 0.15) is 50.5 Å². The van der Waals surface area contributed by atoms with Crippen LogP contribution in [0.15, 0.2) is 48.5 Å². The molecule has 2 heterocycles. The molecular weight excluding hydrogens is 392 g/mol. The quantitative estimate of drug-likeness (QED) is 0.619. The number of carbonyl (C=O) groups excluding carboxylic acids is 3. The zero-order chi connectivity index (χ0) is 22.1. The van der Waals surface area contributed by atoms with Crippen LogP contribution in [0.4, 0.5) is 5.69 Å². The van der Waals surface area contributed by atoms with Gasteiger partial charge in [-0.2, -0.15) is 5.10 Å². The van der Waals surface area contributed by atoms with Gasteiger partial charge in [-0.1, -0.05) is 29.8 Å². The number of hydrogen-bond donors (Lipinski definition) is 1. The van der Waals surface area contributed by atoms with Crippen molar-refractivity contribution in [3.05, 3.63) is 76.6 Å². The molecule has 4 rings (SSSR count). The number of amides is 3. The number of aromatic nitrogens is 2. The SMILES string of the molecule is Cc1ccc2c(c1)C(=O)N(CCCC(=O)Nc1c(C)nn(-c3ccccc3)c1C)C2=O. The number of fused-ring (bicyclic) bond motifs is 1. The van der Waals surface area contributed by atoms with E-state index in [1.54, 1.807) is 16.8 Å². The van der Waals surface area contributed by atoms with Crippen LogP contribution in [-0.2, 0) is 4.79 Å². The minimum atomic E-state index is -0.295. The van der Waals surface area contributed by atoms with E-state index in [4.69, 9.17) is 0 Å². The average Bonchev–Trinajstić information content (AvgIpc) is 3.17. The van der Waals surface area contributed by atoms with Crippen molar-refractivity contribution >= 4 is 23.4 Å². The van der Waals surface area contributed by atoms with Crippen molar-refractivity contribution in [2.45, 2.75) is 33.6 Å². The molecule has 0 saturated heterocycles. The summed E-state index contributed by atoms with van der Waals surface area (Å²) in [5, 5.41) is 7.46. The summed E-state index contributed by atoms with van der Waals surface area (Å²) in [5.41, 5.74) is 4.98. The number of nitrogens with zero attached hydrogens (tertiary/aromatic N) is 3. The number of carbonyl (C=O) groups is 3. The van der Waals surface area contributed by atoms with Gasteiger partial charge < -0.3 is 5.32 Å². The maximum Gasteiger partial charge on any atom is 0.261 e. The second-order valence-corrected chi connectivity index (χ2v) is 7.76. The van der Waals surface area contributed by atoms with Gasteiger partial charge in [0.05, 0.1) is 33.9 Å². The summed E-state index contributed by atoms with van der Waals surface area (Å²) in [6.07, 6.45) is 0.586. The Hall–Kier alpha value is -3.74. The summed E-state index contributed by atoms with van der Waals surface area (Å²) < 4.78 is 1.80. The van der Waals surface area contributed by atoms with Gasteiger partial charge in [0.15, 0.2) is 0 Å². The molecule has 0 unspecified atom stereocenters. The molecule has 3 amide bonds. The van der Waals surface area contributed by atoms with Gasteiger partial charge in [-0.05, 0) is 51.5 Å². The van der Waals surface area contributed by atoms with Crippen molar-refractivity contribution in [1.82, 2.24) is 14.7 Å². The van der Waals surface area contributed by atoms with E-state index >= 15 is 0 Å². The lowest BCUT2D eigenvalue weighted by Gasteiger charge is -2.13. The zero-order valence-electron chi connectivity index (χ0n) is 17.8. The molecule has 0 radical (unpaired) electrons. The molecule has 158 valence electrons. The number of hydrogen-bond acceptors (Lipinski definition) is 4. The van der Waals surface area contributed by atoms with Crippen LogP contribution in [0.3, 0.4) is 0 Å². The third kappa shape index (κ3) is 3.86. The van der Waals surface area contributed by atoms with E-state index in [9.17, 15) is 14.4 Å². The third-order valence-electron chi connectivity index (χ3n) is 5.47. The van der Waals surface area contributed by atoms with Gasteiger partial charge in [-0.15, -0.1) is 0 Å². The molecule has 7 heteroatoms. The molecule has 0 atom stereocenters. The van der Waals surface area contributed by atoms with E-state index < -0.39 is 0 Å². The lowest BCUT2D eigenvalue weighted by atomic mass is 10.1. The van der Waals surface area contributed by atoms with Crippen LogP contribution < -0.4 is 5.32 Å². The van der Waals surface area contributed by atoms with E-state index in [-0.39, 0.29) is 30.7 Å². The first kappa shape index (κ1) is 20.5. The molecule has 2 aromatic carbocycles. The minimum Gasteiger partial charge on any atom is -0.323 e. The average molecular weight is 416 g/mol. The molecule has 31 heavy (non-hydrogen) atoms. The predicted molar refractivity (Wildman–Crippen MR) is 117 cm³/mol. The van der Waals surface area contributed by atoms with Crippen LogP contribution >= 0.6 is 0 Å². The Bertz CT molecular complexity index is 1180. The topological polar surface area (TPSA) is 84.3 Å². The Morgan fingerprint density at radius 3 is 2.42 bits per heavy atom. The van der Waals surface area contributed by atoms with Crippen LogP contribution in [0.5, 0.6) is 0 Å². The van der Waals surface area contributed by atoms with Crippen molar-refractivity contribution in [2.24, 2.45) is 0 Å². The molecule has 1 aliphatic heterocycles. The fourth-order valence-electron chi connectivity index (χ4n) is 3.85. The Balaban J connectivity index is 1.37. The van der Waals surface area contributed by atoms with E-state index in [1.165, 1.54) is 4.90 Å². The highest BCUT2D eigenvalue weighted by atomic mass is 16.2. The lowest BCUT2D eigenvalue weighted by Crippen LogP contribution is -2.31. The number of rotatable bonds is 6. The lowest BCUT2D eigenvalue weighted by molar-refractivity contribution is -0.116. The molecule has 0 fully saturated rings. The second kappa shape index (κ2) is 8.18. The van der Waals surface area contributed by atoms with Crippen molar-refractivity contribution in [3.63, 3.8) is 0 Å². The summed E-state index contributed by atoms with van der Waals surface area (Å²) in [7, 11) is 0. The highest BCUT2D eigenvalue weighted by Crippen LogP contribution is 2.25. The maximum atomic E-state index is 12.5. The van der Waals surface area contributed by atoms with Gasteiger partial charge >= 0.3 is 0 Å². The van der Waals surface area contributed by atoms with E-state index in [1.807, 2.05) is 57.2 Å². The number of aryl methyl sites for hydroxylation is 2. The first-order valence-electron chi connectivity index (χ1n) is 10.2. The van der Waals surface area contributed by atoms with Crippen molar-refractivity contribution in [1.29, 1.82) is 0 Å². The minimum absolute atomic E-state index is 0.175. The van der Waals surface area contributed by atoms with E-state index in [2.05, 4.69) is 10.4 Å². The van der Waals surface area contributed by atoms with Gasteiger partial charge in [0.1, 0.15) is 0 Å². The van der Waals surface area contributed by atoms with Crippen LogP contribution in [0, 0.1) is 20.8 Å². The number of anilines is 1. The number of para-hydroxylation sites is 1. The smallest absolute Gasteiger partial charge is 0.261 e. The van der Waals surface area contributed by atoms with Gasteiger partial charge in [0.2, 0.25) is 5.91 Å². The number of nitrogens with one attached hydrogen (secondary N) is 1. The predicted octanol–water partition coefficient (Wildman–Crippen LogP) is 3.81. The summed E-state index contributed by atoms with van der Waals surface area (Å²) in [6, 6.07) is 15.0. The first-order valence-corrected chi connectivity index (χ1v) is 10.2. The number of benzene rings is 2. The Morgan fingerprint density at radius 2 is 1.68 bits per heavy atom. The molecule has 7 nitrogen and oxygen atoms in total. The molecule has 0 aliphatic carbocycles. The highest BCUT2D eigenvalue weighted by molar-refractivity contribution is 6.21. The Labute approximate surface area is 180 Å². The zero-order valence-corrected chi connectivity index (χ0v) is 17.8. The van der Waals surface area contributed by atoms with Crippen LogP contribution in [0.2, 0.25) is 0 Å². The van der Waals surface area contributed by atoms with Gasteiger partial charge in [0, 0.05) is 13.0 Å². The standard InChI is InChI=1S/C24H24N4O3/c1-15-11-12-19-20(14-15)24(31)27(23(19)30)13-7-10-21(29)25-22-16(2)26-28(17(22)3)18-8-5-4-6-9-18/h4-6,8-9,11-12,14H,7,10,13H2,1-3H3,(H,25,29). The van der Waals surface area contributed by atoms with Gasteiger partial charge in [-0.3, -0.25) is 19.3 Å². The molecule has 1 aromatic heterocycles. The molecule has 0 spiro atoms.